The number of hydrogen-bond acceptors (Lipinski definition) is 5. The number of aliphatic hydroxyl groups excluding tert-OH is 1. The highest BCUT2D eigenvalue weighted by Crippen LogP contribution is 2.41. The summed E-state index contributed by atoms with van der Waals surface area (Å²) in [5.74, 6) is -0.148. The Kier molecular flexibility index (Phi) is 6.15. The van der Waals surface area contributed by atoms with Gasteiger partial charge in [-0.05, 0) is 61.2 Å². The van der Waals surface area contributed by atoms with Crippen molar-refractivity contribution in [2.24, 2.45) is 0 Å². The average Bonchev–Trinajstić information content (AvgIpc) is 2.99. The van der Waals surface area contributed by atoms with Crippen molar-refractivity contribution >= 4 is 17.4 Å². The number of benzene rings is 2. The number of carbonyl (C=O) groups is 2. The summed E-state index contributed by atoms with van der Waals surface area (Å²) in [5.41, 5.74) is 2.89. The number of aliphatic hydroxyl groups is 1. The van der Waals surface area contributed by atoms with Crippen molar-refractivity contribution in [2.75, 3.05) is 20.8 Å². The Hall–Kier alpha value is -3.28. The molecule has 2 aromatic rings. The Labute approximate surface area is 176 Å². The molecule has 1 saturated heterocycles. The number of ketones is 1. The van der Waals surface area contributed by atoms with Gasteiger partial charge in [0.1, 0.15) is 17.3 Å². The number of ether oxygens (including phenoxy) is 2. The topological polar surface area (TPSA) is 76.1 Å². The standard InChI is InChI=1S/C24H27NO5/c1-6-10-25-21(16-8-7-9-17(13-16)29-4)20(23(27)24(25)28)22(26)18-11-15(3)19(30-5)12-14(18)2/h7-9,11-13,21,26H,6,10H2,1-5H3/b22-20+. The lowest BCUT2D eigenvalue weighted by molar-refractivity contribution is -0.139. The molecule has 0 aromatic heterocycles. The molecule has 1 heterocycles. The van der Waals surface area contributed by atoms with Crippen LogP contribution >= 0.6 is 0 Å². The van der Waals surface area contributed by atoms with E-state index >= 15 is 0 Å². The van der Waals surface area contributed by atoms with Gasteiger partial charge in [0.2, 0.25) is 0 Å². The van der Waals surface area contributed by atoms with Gasteiger partial charge in [-0.2, -0.15) is 0 Å². The Bertz CT molecular complexity index is 1020. The van der Waals surface area contributed by atoms with Gasteiger partial charge in [-0.15, -0.1) is 0 Å². The molecule has 0 radical (unpaired) electrons. The summed E-state index contributed by atoms with van der Waals surface area (Å²) in [4.78, 5) is 27.3. The lowest BCUT2D eigenvalue weighted by atomic mass is 9.93. The second-order valence-corrected chi connectivity index (χ2v) is 7.41. The largest absolute Gasteiger partial charge is 0.507 e. The van der Waals surface area contributed by atoms with E-state index in [9.17, 15) is 14.7 Å². The Morgan fingerprint density at radius 3 is 2.43 bits per heavy atom. The first-order valence-electron chi connectivity index (χ1n) is 9.92. The lowest BCUT2D eigenvalue weighted by Crippen LogP contribution is -2.30. The molecule has 2 aromatic carbocycles. The molecule has 0 bridgehead atoms. The first-order valence-corrected chi connectivity index (χ1v) is 9.92. The van der Waals surface area contributed by atoms with Crippen LogP contribution < -0.4 is 9.47 Å². The number of methoxy groups -OCH3 is 2. The fraction of sp³-hybridized carbons (Fsp3) is 0.333. The summed E-state index contributed by atoms with van der Waals surface area (Å²) in [5, 5.41) is 11.2. The number of Topliss-reactive ketones (excluding diaryl/α,β-unsaturated/α-hetero) is 1. The molecule has 1 aliphatic rings. The molecule has 0 aliphatic carbocycles. The van der Waals surface area contributed by atoms with Crippen LogP contribution in [-0.4, -0.2) is 42.5 Å². The Morgan fingerprint density at radius 2 is 1.80 bits per heavy atom. The third kappa shape index (κ3) is 3.65. The van der Waals surface area contributed by atoms with Crippen LogP contribution in [0, 0.1) is 13.8 Å². The number of likely N-dealkylation sites (tertiary alicyclic amines) is 1. The maximum Gasteiger partial charge on any atom is 0.295 e. The Morgan fingerprint density at radius 1 is 1.07 bits per heavy atom. The zero-order chi connectivity index (χ0) is 22.0. The molecule has 1 N–H and O–H groups in total. The lowest BCUT2D eigenvalue weighted by Gasteiger charge is -2.25. The van der Waals surface area contributed by atoms with Gasteiger partial charge in [-0.3, -0.25) is 9.59 Å². The van der Waals surface area contributed by atoms with Gasteiger partial charge in [0.25, 0.3) is 11.7 Å². The molecule has 1 amide bonds. The molecule has 3 rings (SSSR count). The van der Waals surface area contributed by atoms with Crippen molar-refractivity contribution in [3.8, 4) is 11.5 Å². The Balaban J connectivity index is 2.24. The van der Waals surface area contributed by atoms with Crippen molar-refractivity contribution < 1.29 is 24.2 Å². The summed E-state index contributed by atoms with van der Waals surface area (Å²) in [6, 6.07) is 10.1. The molecule has 1 aliphatic heterocycles. The molecular formula is C24H27NO5. The van der Waals surface area contributed by atoms with Crippen LogP contribution in [0.5, 0.6) is 11.5 Å². The van der Waals surface area contributed by atoms with E-state index in [0.29, 0.717) is 35.6 Å². The third-order valence-electron chi connectivity index (χ3n) is 5.41. The molecule has 1 atom stereocenters. The molecule has 0 saturated carbocycles. The van der Waals surface area contributed by atoms with E-state index < -0.39 is 17.7 Å². The number of aryl methyl sites for hydroxylation is 2. The van der Waals surface area contributed by atoms with E-state index in [1.807, 2.05) is 39.0 Å². The van der Waals surface area contributed by atoms with Crippen molar-refractivity contribution in [1.29, 1.82) is 0 Å². The smallest absolute Gasteiger partial charge is 0.295 e. The van der Waals surface area contributed by atoms with Crippen molar-refractivity contribution in [3.05, 3.63) is 64.2 Å². The highest BCUT2D eigenvalue weighted by atomic mass is 16.5. The minimum atomic E-state index is -0.679. The minimum Gasteiger partial charge on any atom is -0.507 e. The first-order chi connectivity index (χ1) is 14.3. The monoisotopic (exact) mass is 409 g/mol. The van der Waals surface area contributed by atoms with Crippen LogP contribution in [0.25, 0.3) is 5.76 Å². The second kappa shape index (κ2) is 8.61. The molecule has 6 nitrogen and oxygen atoms in total. The highest BCUT2D eigenvalue weighted by molar-refractivity contribution is 6.46. The van der Waals surface area contributed by atoms with E-state index in [0.717, 1.165) is 11.1 Å². The molecular weight excluding hydrogens is 382 g/mol. The van der Waals surface area contributed by atoms with Gasteiger partial charge in [0.15, 0.2) is 0 Å². The molecule has 1 unspecified atom stereocenters. The van der Waals surface area contributed by atoms with Crippen molar-refractivity contribution in [2.45, 2.75) is 33.2 Å². The van der Waals surface area contributed by atoms with E-state index in [2.05, 4.69) is 0 Å². The molecule has 6 heteroatoms. The van der Waals surface area contributed by atoms with Gasteiger partial charge in [-0.1, -0.05) is 19.1 Å². The normalized spacial score (nSPS) is 18.0. The summed E-state index contributed by atoms with van der Waals surface area (Å²) < 4.78 is 10.7. The summed E-state index contributed by atoms with van der Waals surface area (Å²) in [6.45, 7) is 6.05. The zero-order valence-electron chi connectivity index (χ0n) is 18.0. The van der Waals surface area contributed by atoms with Gasteiger partial charge in [0.05, 0.1) is 25.8 Å². The highest BCUT2D eigenvalue weighted by Gasteiger charge is 2.45. The van der Waals surface area contributed by atoms with Crippen LogP contribution in [-0.2, 0) is 9.59 Å². The molecule has 30 heavy (non-hydrogen) atoms. The van der Waals surface area contributed by atoms with Crippen LogP contribution in [0.3, 0.4) is 0 Å². The minimum absolute atomic E-state index is 0.0920. The summed E-state index contributed by atoms with van der Waals surface area (Å²) >= 11 is 0. The number of hydrogen-bond donors (Lipinski definition) is 1. The third-order valence-corrected chi connectivity index (χ3v) is 5.41. The van der Waals surface area contributed by atoms with Crippen LogP contribution in [0.15, 0.2) is 42.0 Å². The van der Waals surface area contributed by atoms with E-state index in [1.165, 1.54) is 4.90 Å². The van der Waals surface area contributed by atoms with Gasteiger partial charge in [0, 0.05) is 12.1 Å². The number of amides is 1. The first kappa shape index (κ1) is 21.4. The SMILES string of the molecule is CCCN1C(=O)C(=O)/C(=C(/O)c2cc(C)c(OC)cc2C)C1c1cccc(OC)c1. The number of nitrogens with zero attached hydrogens (tertiary/aromatic N) is 1. The molecule has 0 spiro atoms. The van der Waals surface area contributed by atoms with Gasteiger partial charge < -0.3 is 19.5 Å². The summed E-state index contributed by atoms with van der Waals surface area (Å²) in [6.07, 6.45) is 0.689. The van der Waals surface area contributed by atoms with E-state index in [1.54, 1.807) is 32.4 Å². The predicted molar refractivity (Wildman–Crippen MR) is 115 cm³/mol. The van der Waals surface area contributed by atoms with E-state index in [4.69, 9.17) is 9.47 Å². The van der Waals surface area contributed by atoms with E-state index in [-0.39, 0.29) is 11.3 Å². The predicted octanol–water partition coefficient (Wildman–Crippen LogP) is 4.15. The fourth-order valence-corrected chi connectivity index (χ4v) is 3.92. The summed E-state index contributed by atoms with van der Waals surface area (Å²) in [7, 11) is 3.14. The number of carbonyl (C=O) groups excluding carboxylic acids is 2. The van der Waals surface area contributed by atoms with Crippen LogP contribution in [0.2, 0.25) is 0 Å². The maximum absolute atomic E-state index is 13.0. The van der Waals surface area contributed by atoms with Crippen molar-refractivity contribution in [1.82, 2.24) is 4.90 Å². The zero-order valence-corrected chi connectivity index (χ0v) is 18.0. The van der Waals surface area contributed by atoms with Crippen LogP contribution in [0.1, 0.15) is 41.6 Å². The maximum atomic E-state index is 13.0. The second-order valence-electron chi connectivity index (χ2n) is 7.41. The molecule has 158 valence electrons. The molecule has 1 fully saturated rings. The van der Waals surface area contributed by atoms with Gasteiger partial charge in [-0.25, -0.2) is 0 Å². The number of rotatable bonds is 6. The van der Waals surface area contributed by atoms with Gasteiger partial charge >= 0.3 is 0 Å². The van der Waals surface area contributed by atoms with Crippen LogP contribution in [0.4, 0.5) is 0 Å². The van der Waals surface area contributed by atoms with Crippen molar-refractivity contribution in [3.63, 3.8) is 0 Å². The average molecular weight is 409 g/mol. The fourth-order valence-electron chi connectivity index (χ4n) is 3.92. The quantitative estimate of drug-likeness (QED) is 0.441.